The van der Waals surface area contributed by atoms with Gasteiger partial charge in [0.2, 0.25) is 11.8 Å². The topological polar surface area (TPSA) is 116 Å². The molecule has 0 saturated carbocycles. The van der Waals surface area contributed by atoms with Crippen LogP contribution in [-0.2, 0) is 14.4 Å². The SMILES string of the molecule is CCCC(=O)N[C@H](C(=O)N[C@H](C(=O)O)C(O)C(C)C)[C@@H](C)CC. The van der Waals surface area contributed by atoms with Crippen LogP contribution >= 0.6 is 0 Å². The lowest BCUT2D eigenvalue weighted by Gasteiger charge is -2.28. The van der Waals surface area contributed by atoms with Crippen LogP contribution in [0.15, 0.2) is 0 Å². The molecule has 134 valence electrons. The summed E-state index contributed by atoms with van der Waals surface area (Å²) in [6.45, 7) is 8.89. The normalized spacial score (nSPS) is 16.3. The van der Waals surface area contributed by atoms with Gasteiger partial charge < -0.3 is 20.8 Å². The van der Waals surface area contributed by atoms with Gasteiger partial charge in [-0.2, -0.15) is 0 Å². The molecule has 0 heterocycles. The van der Waals surface area contributed by atoms with Gasteiger partial charge in [0, 0.05) is 6.42 Å². The molecular weight excluding hydrogens is 300 g/mol. The molecule has 0 bridgehead atoms. The molecule has 0 aromatic heterocycles. The van der Waals surface area contributed by atoms with Gasteiger partial charge in [-0.25, -0.2) is 4.79 Å². The molecule has 23 heavy (non-hydrogen) atoms. The molecule has 0 spiro atoms. The number of aliphatic hydroxyl groups is 1. The van der Waals surface area contributed by atoms with Crippen molar-refractivity contribution in [1.82, 2.24) is 10.6 Å². The predicted molar refractivity (Wildman–Crippen MR) is 86.7 cm³/mol. The summed E-state index contributed by atoms with van der Waals surface area (Å²) in [5.74, 6) is -2.61. The van der Waals surface area contributed by atoms with Crippen LogP contribution in [0.4, 0.5) is 0 Å². The number of amides is 2. The zero-order valence-corrected chi connectivity index (χ0v) is 14.6. The highest BCUT2D eigenvalue weighted by atomic mass is 16.4. The van der Waals surface area contributed by atoms with Gasteiger partial charge in [-0.1, -0.05) is 41.0 Å². The maximum absolute atomic E-state index is 12.4. The fourth-order valence-electron chi connectivity index (χ4n) is 2.10. The summed E-state index contributed by atoms with van der Waals surface area (Å²) in [6.07, 6.45) is 0.400. The first-order valence-electron chi connectivity index (χ1n) is 8.16. The van der Waals surface area contributed by atoms with E-state index in [-0.39, 0.29) is 17.7 Å². The number of hydrogen-bond donors (Lipinski definition) is 4. The number of carboxylic acid groups (broad SMARTS) is 1. The van der Waals surface area contributed by atoms with Crippen LogP contribution in [-0.4, -0.2) is 46.2 Å². The number of rotatable bonds is 10. The number of carboxylic acids is 1. The van der Waals surface area contributed by atoms with Crippen molar-refractivity contribution in [1.29, 1.82) is 0 Å². The summed E-state index contributed by atoms with van der Waals surface area (Å²) in [4.78, 5) is 35.5. The smallest absolute Gasteiger partial charge is 0.328 e. The first kappa shape index (κ1) is 21.4. The van der Waals surface area contributed by atoms with Gasteiger partial charge in [-0.05, 0) is 18.3 Å². The second-order valence-electron chi connectivity index (χ2n) is 6.24. The van der Waals surface area contributed by atoms with Crippen LogP contribution in [0, 0.1) is 11.8 Å². The van der Waals surface area contributed by atoms with E-state index < -0.39 is 30.1 Å². The van der Waals surface area contributed by atoms with Crippen LogP contribution in [0.25, 0.3) is 0 Å². The van der Waals surface area contributed by atoms with E-state index in [9.17, 15) is 24.6 Å². The minimum atomic E-state index is -1.41. The van der Waals surface area contributed by atoms with Gasteiger partial charge in [0.05, 0.1) is 6.10 Å². The van der Waals surface area contributed by atoms with E-state index in [0.29, 0.717) is 19.3 Å². The van der Waals surface area contributed by atoms with E-state index in [1.165, 1.54) is 0 Å². The fraction of sp³-hybridized carbons (Fsp3) is 0.812. The maximum atomic E-state index is 12.4. The molecule has 2 amide bonds. The number of carbonyl (C=O) groups excluding carboxylic acids is 2. The lowest BCUT2D eigenvalue weighted by molar-refractivity contribution is -0.146. The van der Waals surface area contributed by atoms with Crippen LogP contribution in [0.5, 0.6) is 0 Å². The molecule has 0 aliphatic rings. The van der Waals surface area contributed by atoms with Gasteiger partial charge in [0.15, 0.2) is 6.04 Å². The van der Waals surface area contributed by atoms with Crippen LogP contribution in [0.2, 0.25) is 0 Å². The van der Waals surface area contributed by atoms with Crippen molar-refractivity contribution in [3.05, 3.63) is 0 Å². The second kappa shape index (κ2) is 10.2. The highest BCUT2D eigenvalue weighted by Gasteiger charge is 2.34. The molecule has 0 aliphatic heterocycles. The number of carbonyl (C=O) groups is 3. The Labute approximate surface area is 137 Å². The summed E-state index contributed by atoms with van der Waals surface area (Å²) in [5.41, 5.74) is 0. The molecule has 0 radical (unpaired) electrons. The fourth-order valence-corrected chi connectivity index (χ4v) is 2.10. The molecule has 7 heteroatoms. The van der Waals surface area contributed by atoms with E-state index in [0.717, 1.165) is 0 Å². The summed E-state index contributed by atoms with van der Waals surface area (Å²) in [5, 5.41) is 24.2. The molecular formula is C16H30N2O5. The molecule has 4 N–H and O–H groups in total. The second-order valence-corrected chi connectivity index (χ2v) is 6.24. The monoisotopic (exact) mass is 330 g/mol. The zero-order chi connectivity index (χ0) is 18.2. The standard InChI is InChI=1S/C16H30N2O5/c1-6-8-11(19)17-12(10(5)7-2)15(21)18-13(16(22)23)14(20)9(3)4/h9-10,12-14,20H,6-8H2,1-5H3,(H,17,19)(H,18,21)(H,22,23)/t10-,12-,13-,14?/m0/s1. The number of nitrogens with one attached hydrogen (secondary N) is 2. The van der Waals surface area contributed by atoms with Crippen LogP contribution in [0.1, 0.15) is 53.9 Å². The van der Waals surface area contributed by atoms with Crippen molar-refractivity contribution in [2.24, 2.45) is 11.8 Å². The van der Waals surface area contributed by atoms with E-state index in [1.54, 1.807) is 13.8 Å². The van der Waals surface area contributed by atoms with E-state index in [2.05, 4.69) is 10.6 Å². The molecule has 0 saturated heterocycles. The molecule has 1 unspecified atom stereocenters. The highest BCUT2D eigenvalue weighted by Crippen LogP contribution is 2.11. The lowest BCUT2D eigenvalue weighted by atomic mass is 9.95. The Morgan fingerprint density at radius 1 is 1.00 bits per heavy atom. The largest absolute Gasteiger partial charge is 0.480 e. The molecule has 0 fully saturated rings. The summed E-state index contributed by atoms with van der Waals surface area (Å²) in [7, 11) is 0. The lowest BCUT2D eigenvalue weighted by Crippen LogP contribution is -2.57. The first-order valence-corrected chi connectivity index (χ1v) is 8.16. The van der Waals surface area contributed by atoms with Gasteiger partial charge in [0.25, 0.3) is 0 Å². The summed E-state index contributed by atoms with van der Waals surface area (Å²) in [6, 6.07) is -2.22. The van der Waals surface area contributed by atoms with Crippen molar-refractivity contribution in [3.63, 3.8) is 0 Å². The Hall–Kier alpha value is -1.63. The Balaban J connectivity index is 5.12. The highest BCUT2D eigenvalue weighted by molar-refractivity contribution is 5.90. The third kappa shape index (κ3) is 6.99. The van der Waals surface area contributed by atoms with Crippen molar-refractivity contribution < 1.29 is 24.6 Å². The van der Waals surface area contributed by atoms with Crippen LogP contribution < -0.4 is 10.6 Å². The average molecular weight is 330 g/mol. The van der Waals surface area contributed by atoms with E-state index >= 15 is 0 Å². The molecule has 4 atom stereocenters. The molecule has 0 aromatic rings. The Bertz CT molecular complexity index is 411. The number of aliphatic carboxylic acids is 1. The minimum Gasteiger partial charge on any atom is -0.480 e. The molecule has 0 aromatic carbocycles. The van der Waals surface area contributed by atoms with Gasteiger partial charge >= 0.3 is 5.97 Å². The van der Waals surface area contributed by atoms with Gasteiger partial charge in [-0.15, -0.1) is 0 Å². The Morgan fingerprint density at radius 3 is 1.96 bits per heavy atom. The molecule has 0 aliphatic carbocycles. The third-order valence-corrected chi connectivity index (χ3v) is 3.88. The van der Waals surface area contributed by atoms with Crippen LogP contribution in [0.3, 0.4) is 0 Å². The van der Waals surface area contributed by atoms with E-state index in [1.807, 2.05) is 20.8 Å². The zero-order valence-electron chi connectivity index (χ0n) is 14.6. The first-order chi connectivity index (χ1) is 10.6. The molecule has 0 rings (SSSR count). The van der Waals surface area contributed by atoms with Crippen molar-refractivity contribution in [2.75, 3.05) is 0 Å². The van der Waals surface area contributed by atoms with Gasteiger partial charge in [-0.3, -0.25) is 9.59 Å². The third-order valence-electron chi connectivity index (χ3n) is 3.88. The van der Waals surface area contributed by atoms with Crippen molar-refractivity contribution >= 4 is 17.8 Å². The predicted octanol–water partition coefficient (Wildman–Crippen LogP) is 0.904. The molecule has 7 nitrogen and oxygen atoms in total. The van der Waals surface area contributed by atoms with Crippen molar-refractivity contribution in [2.45, 2.75) is 72.1 Å². The van der Waals surface area contributed by atoms with Gasteiger partial charge in [0.1, 0.15) is 6.04 Å². The maximum Gasteiger partial charge on any atom is 0.328 e. The summed E-state index contributed by atoms with van der Waals surface area (Å²) < 4.78 is 0. The summed E-state index contributed by atoms with van der Waals surface area (Å²) >= 11 is 0. The number of aliphatic hydroxyl groups excluding tert-OH is 1. The quantitative estimate of drug-likeness (QED) is 0.475. The Kier molecular flexibility index (Phi) is 9.48. The number of hydrogen-bond acceptors (Lipinski definition) is 4. The Morgan fingerprint density at radius 2 is 1.57 bits per heavy atom. The van der Waals surface area contributed by atoms with Crippen molar-refractivity contribution in [3.8, 4) is 0 Å². The minimum absolute atomic E-state index is 0.151. The average Bonchev–Trinajstić information content (AvgIpc) is 2.48. The van der Waals surface area contributed by atoms with E-state index in [4.69, 9.17) is 0 Å².